The van der Waals surface area contributed by atoms with Crippen molar-refractivity contribution >= 4 is 78.3 Å². The fourth-order valence-corrected chi connectivity index (χ4v) is 8.66. The molecule has 10 heteroatoms. The standard InChI is InChI=1S/3C20H38O2S.CH3.Sn/c3*1-2-3-4-5-6-7-8-9-10-11-12-13-14-15-16-17-18-19(23)20(21)22;;/h3*9-10,19,23H,2-8,11-18H2,1H3,(H,21,22);1H3;/q;;;;+3/p-3/b3*10-9-;;. The van der Waals surface area contributed by atoms with Gasteiger partial charge in [0.2, 0.25) is 0 Å². The average molecular weight is 1160 g/mol. The van der Waals surface area contributed by atoms with E-state index in [1.165, 1.54) is 231 Å². The number of unbranched alkanes of at least 4 members (excludes halogenated alkanes) is 36. The van der Waals surface area contributed by atoms with E-state index in [9.17, 15) is 29.7 Å². The Hall–Kier alpha value is -0.521. The molecule has 71 heavy (non-hydrogen) atoms. The monoisotopic (exact) mass is 1160 g/mol. The second-order valence-corrected chi connectivity index (χ2v) is 21.6. The van der Waals surface area contributed by atoms with Crippen molar-refractivity contribution < 1.29 is 29.7 Å². The van der Waals surface area contributed by atoms with Crippen LogP contribution in [0.25, 0.3) is 0 Å². The molecule has 0 aromatic heterocycles. The third kappa shape index (κ3) is 73.8. The molecule has 0 aliphatic rings. The van der Waals surface area contributed by atoms with Crippen LogP contribution >= 0.6 is 37.9 Å². The summed E-state index contributed by atoms with van der Waals surface area (Å²) in [5.74, 6) is -3.12. The predicted molar refractivity (Wildman–Crippen MR) is 317 cm³/mol. The van der Waals surface area contributed by atoms with Gasteiger partial charge in [-0.15, -0.1) is 0 Å². The molecule has 0 amide bonds. The number of carboxylic acids is 3. The summed E-state index contributed by atoms with van der Waals surface area (Å²) in [6.07, 6.45) is 69.4. The van der Waals surface area contributed by atoms with Crippen LogP contribution in [0.2, 0.25) is 4.94 Å². The number of rotatable bonds is 51. The predicted octanol–water partition coefficient (Wildman–Crippen LogP) is 16.6. The van der Waals surface area contributed by atoms with Crippen molar-refractivity contribution in [3.63, 3.8) is 0 Å². The Balaban J connectivity index is -0.000000465. The molecular formula is C61H114O6S3Sn. The van der Waals surface area contributed by atoms with Gasteiger partial charge in [0.05, 0.1) is 17.9 Å². The minimum atomic E-state index is -1.04. The van der Waals surface area contributed by atoms with Crippen molar-refractivity contribution in [3.8, 4) is 0 Å². The number of thiol groups is 3. The molecule has 0 aliphatic heterocycles. The molecule has 0 aromatic rings. The normalized spacial score (nSPS) is 12.5. The zero-order valence-electron chi connectivity index (χ0n) is 46.8. The van der Waals surface area contributed by atoms with E-state index >= 15 is 0 Å². The molecule has 0 rings (SSSR count). The number of carbonyl (C=O) groups is 3. The molecule has 0 aliphatic carbocycles. The van der Waals surface area contributed by atoms with Crippen molar-refractivity contribution in [2.45, 2.75) is 330 Å². The summed E-state index contributed by atoms with van der Waals surface area (Å²) in [5.41, 5.74) is 0. The molecule has 0 saturated carbocycles. The Kier molecular flexibility index (Phi) is 75.3. The summed E-state index contributed by atoms with van der Waals surface area (Å²) in [7, 11) is 0. The van der Waals surface area contributed by atoms with E-state index in [-0.39, 0.29) is 0 Å². The molecule has 3 unspecified atom stereocenters. The van der Waals surface area contributed by atoms with Crippen molar-refractivity contribution in [1.29, 1.82) is 0 Å². The van der Waals surface area contributed by atoms with E-state index in [4.69, 9.17) is 0 Å². The van der Waals surface area contributed by atoms with Crippen LogP contribution < -0.4 is 15.3 Å². The van der Waals surface area contributed by atoms with E-state index in [1.54, 1.807) is 22.5 Å². The van der Waals surface area contributed by atoms with Crippen LogP contribution in [0, 0.1) is 0 Å². The van der Waals surface area contributed by atoms with Gasteiger partial charge < -0.3 is 29.7 Å². The van der Waals surface area contributed by atoms with Crippen LogP contribution in [0.4, 0.5) is 0 Å². The number of aliphatic carboxylic acids is 3. The first kappa shape index (κ1) is 77.0. The molecule has 0 bridgehead atoms. The third-order valence-corrected chi connectivity index (χ3v) is 14.2. The Morgan fingerprint density at radius 2 is 0.437 bits per heavy atom. The first-order valence-corrected chi connectivity index (χ1v) is 34.1. The quantitative estimate of drug-likeness (QED) is 0.0242. The number of allylic oxidation sites excluding steroid dienone is 6. The van der Waals surface area contributed by atoms with Crippen LogP contribution in [0.3, 0.4) is 0 Å². The van der Waals surface area contributed by atoms with Crippen LogP contribution in [0.5, 0.6) is 0 Å². The van der Waals surface area contributed by atoms with Gasteiger partial charge in [0.1, 0.15) is 0 Å². The first-order chi connectivity index (χ1) is 34.5. The number of hydrogen-bond acceptors (Lipinski definition) is 9. The van der Waals surface area contributed by atoms with Crippen LogP contribution in [-0.4, -0.2) is 56.2 Å². The first-order valence-electron chi connectivity index (χ1n) is 29.7. The molecule has 0 saturated heterocycles. The Labute approximate surface area is 471 Å². The Morgan fingerprint density at radius 3 is 0.592 bits per heavy atom. The zero-order chi connectivity index (χ0) is 53.5. The molecular weight excluding hydrogens is 1040 g/mol. The Bertz CT molecular complexity index is 1010. The molecule has 0 radical (unpaired) electrons. The van der Waals surface area contributed by atoms with Crippen molar-refractivity contribution in [2.24, 2.45) is 0 Å². The summed E-state index contributed by atoms with van der Waals surface area (Å²) < 4.78 is 0. The van der Waals surface area contributed by atoms with E-state index in [2.05, 4.69) is 100 Å². The van der Waals surface area contributed by atoms with Gasteiger partial charge in [0, 0.05) is 15.7 Å². The van der Waals surface area contributed by atoms with Gasteiger partial charge in [-0.25, -0.2) is 0 Å². The summed E-state index contributed by atoms with van der Waals surface area (Å²) >= 11 is 13.5. The molecule has 6 nitrogen and oxygen atoms in total. The van der Waals surface area contributed by atoms with Gasteiger partial charge in [-0.2, -0.15) is 37.9 Å². The number of carbonyl (C=O) groups excluding carboxylic acids is 3. The van der Waals surface area contributed by atoms with Crippen LogP contribution in [0.15, 0.2) is 36.5 Å². The maximum atomic E-state index is 10.5. The summed E-state index contributed by atoms with van der Waals surface area (Å²) in [5, 5.41) is 29.7. The fourth-order valence-electron chi connectivity index (χ4n) is 8.11. The number of carboxylic acid groups (broad SMARTS) is 3. The second kappa shape index (κ2) is 69.5. The summed E-state index contributed by atoms with van der Waals surface area (Å²) in [6, 6.07) is 0. The minimum absolute atomic E-state index is 0.591. The molecule has 0 heterocycles. The zero-order valence-corrected chi connectivity index (χ0v) is 52.3. The molecule has 0 spiro atoms. The van der Waals surface area contributed by atoms with Crippen LogP contribution in [0.1, 0.15) is 310 Å². The molecule has 0 N–H and O–H groups in total. The molecule has 0 aromatic carbocycles. The van der Waals surface area contributed by atoms with Crippen molar-refractivity contribution in [3.05, 3.63) is 36.5 Å². The van der Waals surface area contributed by atoms with E-state index in [1.807, 2.05) is 0 Å². The van der Waals surface area contributed by atoms with Crippen molar-refractivity contribution in [1.82, 2.24) is 0 Å². The maximum absolute atomic E-state index is 10.5. The van der Waals surface area contributed by atoms with Gasteiger partial charge in [0.15, 0.2) is 0 Å². The van der Waals surface area contributed by atoms with Gasteiger partial charge in [-0.1, -0.05) is 250 Å². The third-order valence-electron chi connectivity index (χ3n) is 12.8. The van der Waals surface area contributed by atoms with E-state index in [0.717, 1.165) is 38.5 Å². The van der Waals surface area contributed by atoms with E-state index < -0.39 is 33.7 Å². The van der Waals surface area contributed by atoms with Crippen molar-refractivity contribution in [2.75, 3.05) is 0 Å². The SMILES string of the molecule is CCCCCCCC/C=C\CCCCCCCCC(S)C(=O)[O-].CCCCCCCC/C=C\CCCCCCCCC(S)C(=O)[O-].CCCCCCCC/C=C\CCCCCCCCC(S)C(=O)[O-].[CH3][Sn+3]. The van der Waals surface area contributed by atoms with Gasteiger partial charge in [0.25, 0.3) is 0 Å². The second-order valence-electron chi connectivity index (χ2n) is 19.7. The summed E-state index contributed by atoms with van der Waals surface area (Å²) in [6.45, 7) is 6.78. The van der Waals surface area contributed by atoms with Gasteiger partial charge in [-0.3, -0.25) is 0 Å². The summed E-state index contributed by atoms with van der Waals surface area (Å²) in [4.78, 5) is 33.6. The Morgan fingerprint density at radius 1 is 0.296 bits per heavy atom. The van der Waals surface area contributed by atoms with Crippen LogP contribution in [-0.2, 0) is 14.4 Å². The van der Waals surface area contributed by atoms with Gasteiger partial charge in [-0.05, 0) is 96.3 Å². The topological polar surface area (TPSA) is 120 Å². The fraction of sp³-hybridized carbons (Fsp3) is 0.852. The molecule has 416 valence electrons. The molecule has 0 fully saturated rings. The number of hydrogen-bond donors (Lipinski definition) is 3. The molecule has 3 atom stereocenters. The van der Waals surface area contributed by atoms with Gasteiger partial charge >= 0.3 is 27.5 Å². The van der Waals surface area contributed by atoms with E-state index in [0.29, 0.717) is 19.3 Å². The average Bonchev–Trinajstić information content (AvgIpc) is 3.36.